The lowest BCUT2D eigenvalue weighted by atomic mass is 9.85. The van der Waals surface area contributed by atoms with Crippen LogP contribution in [-0.2, 0) is 5.54 Å². The van der Waals surface area contributed by atoms with Gasteiger partial charge in [-0.2, -0.15) is 5.10 Å². The summed E-state index contributed by atoms with van der Waals surface area (Å²) in [6.45, 7) is 10.5. The number of rotatable bonds is 7. The molecule has 2 heterocycles. The standard InChI is InChI=1S/C20H29ClN8O/c1-19(2,3)16(29-18(24-25-26-29)20(4,5)27(6)7)17(28-13-22-12-23-28)30-15-10-8-14(21)9-11-15/h8-13,16-17H,1-7H3/t16-,17+/m1/s1. The Labute approximate surface area is 182 Å². The van der Waals surface area contributed by atoms with Crippen LogP contribution in [0.15, 0.2) is 36.9 Å². The van der Waals surface area contributed by atoms with Crippen molar-refractivity contribution in [2.75, 3.05) is 14.1 Å². The lowest BCUT2D eigenvalue weighted by molar-refractivity contribution is -0.00445. The second kappa shape index (κ2) is 8.31. The zero-order valence-corrected chi connectivity index (χ0v) is 19.2. The molecule has 3 aromatic rings. The Morgan fingerprint density at radius 2 is 1.73 bits per heavy atom. The topological polar surface area (TPSA) is 86.8 Å². The summed E-state index contributed by atoms with van der Waals surface area (Å²) in [5.41, 5.74) is -0.685. The third-order valence-corrected chi connectivity index (χ3v) is 5.60. The van der Waals surface area contributed by atoms with Crippen LogP contribution in [0.4, 0.5) is 0 Å². The maximum absolute atomic E-state index is 6.43. The van der Waals surface area contributed by atoms with E-state index in [-0.39, 0.29) is 11.5 Å². The van der Waals surface area contributed by atoms with Crippen molar-refractivity contribution in [1.29, 1.82) is 0 Å². The highest BCUT2D eigenvalue weighted by molar-refractivity contribution is 6.30. The molecule has 0 saturated heterocycles. The molecule has 0 unspecified atom stereocenters. The Morgan fingerprint density at radius 3 is 2.27 bits per heavy atom. The molecule has 0 aliphatic carbocycles. The molecular weight excluding hydrogens is 404 g/mol. The van der Waals surface area contributed by atoms with E-state index in [9.17, 15) is 0 Å². The van der Waals surface area contributed by atoms with Gasteiger partial charge in [-0.25, -0.2) is 14.3 Å². The van der Waals surface area contributed by atoms with Crippen molar-refractivity contribution in [3.8, 4) is 5.75 Å². The van der Waals surface area contributed by atoms with Crippen molar-refractivity contribution in [3.63, 3.8) is 0 Å². The van der Waals surface area contributed by atoms with Gasteiger partial charge in [0, 0.05) is 5.02 Å². The van der Waals surface area contributed by atoms with Gasteiger partial charge in [0.05, 0.1) is 5.54 Å². The van der Waals surface area contributed by atoms with Gasteiger partial charge in [-0.3, -0.25) is 4.90 Å². The van der Waals surface area contributed by atoms with Crippen LogP contribution in [0.3, 0.4) is 0 Å². The Bertz CT molecular complexity index is 944. The van der Waals surface area contributed by atoms with E-state index in [2.05, 4.69) is 65.1 Å². The van der Waals surface area contributed by atoms with Gasteiger partial charge < -0.3 is 4.74 Å². The molecule has 9 nitrogen and oxygen atoms in total. The highest BCUT2D eigenvalue weighted by Crippen LogP contribution is 2.41. The number of benzene rings is 1. The van der Waals surface area contributed by atoms with E-state index in [4.69, 9.17) is 16.3 Å². The van der Waals surface area contributed by atoms with Gasteiger partial charge in [-0.05, 0) is 68.1 Å². The Hall–Kier alpha value is -2.52. The van der Waals surface area contributed by atoms with Gasteiger partial charge in [-0.15, -0.1) is 5.10 Å². The van der Waals surface area contributed by atoms with Crippen molar-refractivity contribution >= 4 is 11.6 Å². The molecule has 0 fully saturated rings. The summed E-state index contributed by atoms with van der Waals surface area (Å²) in [7, 11) is 4.01. The summed E-state index contributed by atoms with van der Waals surface area (Å²) in [6, 6.07) is 6.95. The first-order valence-corrected chi connectivity index (χ1v) is 10.1. The fraction of sp³-hybridized carbons (Fsp3) is 0.550. The number of tetrazole rings is 1. The second-order valence-corrected chi connectivity index (χ2v) is 9.49. The van der Waals surface area contributed by atoms with Crippen LogP contribution in [-0.4, -0.2) is 54.0 Å². The molecule has 0 spiro atoms. The highest BCUT2D eigenvalue weighted by Gasteiger charge is 2.42. The summed E-state index contributed by atoms with van der Waals surface area (Å²) < 4.78 is 9.97. The van der Waals surface area contributed by atoms with Gasteiger partial charge in [0.2, 0.25) is 6.23 Å². The number of hydrogen-bond donors (Lipinski definition) is 0. The van der Waals surface area contributed by atoms with Crippen LogP contribution in [0.5, 0.6) is 5.75 Å². The van der Waals surface area contributed by atoms with Crippen LogP contribution in [0.2, 0.25) is 5.02 Å². The number of aromatic nitrogens is 7. The number of halogens is 1. The van der Waals surface area contributed by atoms with E-state index in [1.807, 2.05) is 30.9 Å². The molecule has 1 aromatic carbocycles. The second-order valence-electron chi connectivity index (χ2n) is 9.05. The minimum atomic E-state index is -0.547. The van der Waals surface area contributed by atoms with E-state index in [1.54, 1.807) is 23.1 Å². The van der Waals surface area contributed by atoms with Crippen molar-refractivity contribution in [1.82, 2.24) is 39.9 Å². The lowest BCUT2D eigenvalue weighted by Gasteiger charge is -2.39. The van der Waals surface area contributed by atoms with Gasteiger partial charge in [0.15, 0.2) is 5.82 Å². The zero-order chi connectivity index (χ0) is 22.1. The van der Waals surface area contributed by atoms with Gasteiger partial charge in [0.25, 0.3) is 0 Å². The first-order valence-electron chi connectivity index (χ1n) is 9.74. The third kappa shape index (κ3) is 4.46. The minimum Gasteiger partial charge on any atom is -0.466 e. The Balaban J connectivity index is 2.13. The third-order valence-electron chi connectivity index (χ3n) is 5.35. The molecule has 3 rings (SSSR count). The maximum Gasteiger partial charge on any atom is 0.215 e. The van der Waals surface area contributed by atoms with E-state index >= 15 is 0 Å². The highest BCUT2D eigenvalue weighted by atomic mass is 35.5. The molecule has 0 aliphatic rings. The quantitative estimate of drug-likeness (QED) is 0.563. The molecule has 30 heavy (non-hydrogen) atoms. The molecule has 162 valence electrons. The monoisotopic (exact) mass is 432 g/mol. The molecule has 0 saturated carbocycles. The molecule has 10 heteroatoms. The predicted molar refractivity (Wildman–Crippen MR) is 114 cm³/mol. The number of nitrogens with zero attached hydrogens (tertiary/aromatic N) is 8. The molecular formula is C20H29ClN8O. The van der Waals surface area contributed by atoms with E-state index in [0.29, 0.717) is 10.8 Å². The molecule has 0 aliphatic heterocycles. The normalized spacial score (nSPS) is 14.7. The minimum absolute atomic E-state index is 0.282. The van der Waals surface area contributed by atoms with Crippen molar-refractivity contribution in [3.05, 3.63) is 47.8 Å². The first kappa shape index (κ1) is 22.2. The summed E-state index contributed by atoms with van der Waals surface area (Å²) in [5.74, 6) is 1.40. The van der Waals surface area contributed by atoms with Crippen molar-refractivity contribution in [2.24, 2.45) is 5.41 Å². The van der Waals surface area contributed by atoms with Crippen LogP contribution in [0, 0.1) is 5.41 Å². The molecule has 0 amide bonds. The van der Waals surface area contributed by atoms with Crippen LogP contribution in [0.1, 0.15) is 52.7 Å². The van der Waals surface area contributed by atoms with Crippen molar-refractivity contribution < 1.29 is 4.74 Å². The molecule has 0 bridgehead atoms. The average molecular weight is 433 g/mol. The first-order chi connectivity index (χ1) is 14.0. The SMILES string of the molecule is CN(C)C(C)(C)c1nnnn1[C@H]([C@H](Oc1ccc(Cl)cc1)n1cncn1)C(C)(C)C. The zero-order valence-electron chi connectivity index (χ0n) is 18.5. The largest absolute Gasteiger partial charge is 0.466 e. The van der Waals surface area contributed by atoms with Crippen molar-refractivity contribution in [2.45, 2.75) is 52.4 Å². The van der Waals surface area contributed by atoms with Gasteiger partial charge in [-0.1, -0.05) is 32.4 Å². The average Bonchev–Trinajstić information content (AvgIpc) is 3.33. The van der Waals surface area contributed by atoms with Gasteiger partial charge in [0.1, 0.15) is 24.4 Å². The Kier molecular flexibility index (Phi) is 6.14. The molecule has 2 aromatic heterocycles. The number of hydrogen-bond acceptors (Lipinski definition) is 7. The summed E-state index contributed by atoms with van der Waals surface area (Å²) in [6.07, 6.45) is 2.58. The predicted octanol–water partition coefficient (Wildman–Crippen LogP) is 3.58. The lowest BCUT2D eigenvalue weighted by Crippen LogP contribution is -2.43. The molecule has 0 N–H and O–H groups in total. The fourth-order valence-electron chi connectivity index (χ4n) is 3.16. The smallest absolute Gasteiger partial charge is 0.215 e. The maximum atomic E-state index is 6.43. The van der Waals surface area contributed by atoms with Crippen LogP contribution < -0.4 is 4.74 Å². The van der Waals surface area contributed by atoms with Crippen LogP contribution >= 0.6 is 11.6 Å². The van der Waals surface area contributed by atoms with Gasteiger partial charge >= 0.3 is 0 Å². The molecule has 2 atom stereocenters. The summed E-state index contributed by atoms with van der Waals surface area (Å²) in [5, 5.41) is 17.8. The van der Waals surface area contributed by atoms with E-state index in [0.717, 1.165) is 5.82 Å². The van der Waals surface area contributed by atoms with E-state index < -0.39 is 11.8 Å². The summed E-state index contributed by atoms with van der Waals surface area (Å²) in [4.78, 5) is 6.21. The molecule has 0 radical (unpaired) electrons. The summed E-state index contributed by atoms with van der Waals surface area (Å²) >= 11 is 6.05. The number of ether oxygens (including phenoxy) is 1. The fourth-order valence-corrected chi connectivity index (χ4v) is 3.29. The van der Waals surface area contributed by atoms with Crippen LogP contribution in [0.25, 0.3) is 0 Å². The Morgan fingerprint density at radius 1 is 1.07 bits per heavy atom. The van der Waals surface area contributed by atoms with E-state index in [1.165, 1.54) is 6.33 Å².